The summed E-state index contributed by atoms with van der Waals surface area (Å²) in [5.74, 6) is 0.611. The van der Waals surface area contributed by atoms with Crippen molar-refractivity contribution in [3.05, 3.63) is 51.3 Å². The molecule has 1 fully saturated rings. The van der Waals surface area contributed by atoms with Crippen LogP contribution in [0.2, 0.25) is 0 Å². The van der Waals surface area contributed by atoms with E-state index < -0.39 is 5.56 Å². The summed E-state index contributed by atoms with van der Waals surface area (Å²) in [6, 6.07) is 9.08. The van der Waals surface area contributed by atoms with Crippen LogP contribution in [0, 0.1) is 18.3 Å². The van der Waals surface area contributed by atoms with E-state index >= 15 is 0 Å². The topological polar surface area (TPSA) is 87.6 Å². The van der Waals surface area contributed by atoms with Crippen molar-refractivity contribution in [3.63, 3.8) is 0 Å². The largest absolute Gasteiger partial charge is 0.497 e. The van der Waals surface area contributed by atoms with Gasteiger partial charge in [-0.2, -0.15) is 5.26 Å². The van der Waals surface area contributed by atoms with E-state index in [9.17, 15) is 15.2 Å². The predicted molar refractivity (Wildman–Crippen MR) is 99.6 cm³/mol. The number of aliphatic imine (C=N–C) groups is 1. The van der Waals surface area contributed by atoms with Gasteiger partial charge in [0.05, 0.1) is 18.4 Å². The van der Waals surface area contributed by atoms with E-state index in [1.54, 1.807) is 38.3 Å². The first-order chi connectivity index (χ1) is 12.6. The number of ether oxygens (including phenoxy) is 1. The smallest absolute Gasteiger partial charge is 0.271 e. The number of benzene rings is 1. The van der Waals surface area contributed by atoms with E-state index in [0.717, 1.165) is 31.4 Å². The van der Waals surface area contributed by atoms with E-state index in [2.05, 4.69) is 4.99 Å². The Morgan fingerprint density at radius 2 is 1.96 bits per heavy atom. The first-order valence-corrected chi connectivity index (χ1v) is 8.63. The minimum absolute atomic E-state index is 0.0610. The number of aromatic hydroxyl groups is 1. The van der Waals surface area contributed by atoms with Crippen LogP contribution in [0.25, 0.3) is 0 Å². The zero-order valence-corrected chi connectivity index (χ0v) is 14.9. The number of methoxy groups -OCH3 is 1. The molecule has 1 N–H and O–H groups in total. The van der Waals surface area contributed by atoms with Crippen molar-refractivity contribution in [1.82, 2.24) is 4.57 Å². The van der Waals surface area contributed by atoms with Gasteiger partial charge in [-0.25, -0.2) is 0 Å². The van der Waals surface area contributed by atoms with Crippen molar-refractivity contribution in [1.29, 1.82) is 5.26 Å². The summed E-state index contributed by atoms with van der Waals surface area (Å²) in [5.41, 5.74) is 1.17. The van der Waals surface area contributed by atoms with E-state index in [0.29, 0.717) is 16.8 Å². The average Bonchev–Trinajstić information content (AvgIpc) is 3.16. The Hall–Kier alpha value is -3.07. The maximum Gasteiger partial charge on any atom is 0.271 e. The van der Waals surface area contributed by atoms with Crippen molar-refractivity contribution in [2.75, 3.05) is 7.11 Å². The average molecular weight is 351 g/mol. The number of pyridine rings is 1. The highest BCUT2D eigenvalue weighted by atomic mass is 16.5. The lowest BCUT2D eigenvalue weighted by atomic mass is 10.0. The molecular formula is C20H21N3O3. The molecule has 3 rings (SSSR count). The Morgan fingerprint density at radius 3 is 2.54 bits per heavy atom. The lowest BCUT2D eigenvalue weighted by Gasteiger charge is -2.19. The molecule has 6 heteroatoms. The highest BCUT2D eigenvalue weighted by Gasteiger charge is 2.25. The molecule has 0 aliphatic heterocycles. The Kier molecular flexibility index (Phi) is 5.08. The molecule has 0 atom stereocenters. The molecule has 1 aromatic heterocycles. The first kappa shape index (κ1) is 17.7. The number of aromatic nitrogens is 1. The van der Waals surface area contributed by atoms with Crippen LogP contribution < -0.4 is 10.3 Å². The van der Waals surface area contributed by atoms with Gasteiger partial charge < -0.3 is 9.84 Å². The summed E-state index contributed by atoms with van der Waals surface area (Å²) in [4.78, 5) is 17.0. The van der Waals surface area contributed by atoms with Crippen LogP contribution in [0.1, 0.15) is 48.4 Å². The van der Waals surface area contributed by atoms with Crippen molar-refractivity contribution >= 4 is 11.9 Å². The quantitative estimate of drug-likeness (QED) is 0.852. The number of nitriles is 1. The second-order valence-corrected chi connectivity index (χ2v) is 6.42. The fourth-order valence-corrected chi connectivity index (χ4v) is 3.40. The highest BCUT2D eigenvalue weighted by molar-refractivity contribution is 5.87. The maximum atomic E-state index is 12.6. The molecule has 0 saturated heterocycles. The van der Waals surface area contributed by atoms with Crippen molar-refractivity contribution < 1.29 is 9.84 Å². The molecule has 1 aromatic carbocycles. The molecule has 26 heavy (non-hydrogen) atoms. The van der Waals surface area contributed by atoms with Gasteiger partial charge in [0.15, 0.2) is 0 Å². The molecule has 1 aliphatic rings. The van der Waals surface area contributed by atoms with Crippen LogP contribution in [0.3, 0.4) is 0 Å². The molecule has 0 bridgehead atoms. The molecule has 1 saturated carbocycles. The number of hydrogen-bond donors (Lipinski definition) is 1. The summed E-state index contributed by atoms with van der Waals surface area (Å²) in [5, 5.41) is 20.2. The lowest BCUT2D eigenvalue weighted by Crippen LogP contribution is -2.28. The molecule has 0 spiro atoms. The fourth-order valence-electron chi connectivity index (χ4n) is 3.40. The Labute approximate surface area is 152 Å². The van der Waals surface area contributed by atoms with E-state index in [1.807, 2.05) is 6.07 Å². The monoisotopic (exact) mass is 351 g/mol. The molecule has 0 unspecified atom stereocenters. The van der Waals surface area contributed by atoms with Gasteiger partial charge in [0.1, 0.15) is 17.4 Å². The summed E-state index contributed by atoms with van der Waals surface area (Å²) >= 11 is 0. The van der Waals surface area contributed by atoms with Crippen molar-refractivity contribution in [2.24, 2.45) is 4.99 Å². The zero-order chi connectivity index (χ0) is 18.7. The van der Waals surface area contributed by atoms with Gasteiger partial charge in [0, 0.05) is 12.3 Å². The standard InChI is InChI=1S/C20H21N3O3/c1-13-17(11-21)19(24)23(15-5-3-4-6-15)20(25)18(13)12-22-14-7-9-16(26-2)10-8-14/h7-10,12,15,25H,3-6H2,1-2H3. The Morgan fingerprint density at radius 1 is 1.31 bits per heavy atom. The lowest BCUT2D eigenvalue weighted by molar-refractivity contribution is 0.368. The minimum atomic E-state index is -0.420. The first-order valence-electron chi connectivity index (χ1n) is 8.63. The van der Waals surface area contributed by atoms with Gasteiger partial charge in [-0.15, -0.1) is 0 Å². The van der Waals surface area contributed by atoms with Crippen LogP contribution in [0.5, 0.6) is 11.6 Å². The van der Waals surface area contributed by atoms with E-state index in [1.165, 1.54) is 10.8 Å². The Balaban J connectivity index is 2.08. The SMILES string of the molecule is COc1ccc(N=Cc2c(C)c(C#N)c(=O)n(C3CCCC3)c2O)cc1. The highest BCUT2D eigenvalue weighted by Crippen LogP contribution is 2.33. The molecule has 134 valence electrons. The van der Waals surface area contributed by atoms with Crippen molar-refractivity contribution in [2.45, 2.75) is 38.6 Å². The second kappa shape index (κ2) is 7.44. The van der Waals surface area contributed by atoms with Gasteiger partial charge in [0.2, 0.25) is 5.88 Å². The molecule has 0 amide bonds. The second-order valence-electron chi connectivity index (χ2n) is 6.42. The van der Waals surface area contributed by atoms with Gasteiger partial charge in [-0.3, -0.25) is 14.4 Å². The molecule has 2 aromatic rings. The molecule has 1 heterocycles. The van der Waals surface area contributed by atoms with Crippen LogP contribution in [0.4, 0.5) is 5.69 Å². The van der Waals surface area contributed by atoms with Gasteiger partial charge >= 0.3 is 0 Å². The summed E-state index contributed by atoms with van der Waals surface area (Å²) in [7, 11) is 1.59. The molecule has 1 aliphatic carbocycles. The van der Waals surface area contributed by atoms with E-state index in [-0.39, 0.29) is 17.5 Å². The molecule has 0 radical (unpaired) electrons. The van der Waals surface area contributed by atoms with Gasteiger partial charge in [0.25, 0.3) is 5.56 Å². The third-order valence-electron chi connectivity index (χ3n) is 4.90. The number of hydrogen-bond acceptors (Lipinski definition) is 5. The van der Waals surface area contributed by atoms with Gasteiger partial charge in [-0.05, 0) is 49.6 Å². The van der Waals surface area contributed by atoms with Crippen LogP contribution in [-0.2, 0) is 0 Å². The third kappa shape index (κ3) is 3.21. The Bertz CT molecular complexity index is 931. The summed E-state index contributed by atoms with van der Waals surface area (Å²) in [6.07, 6.45) is 5.20. The predicted octanol–water partition coefficient (Wildman–Crippen LogP) is 3.61. The van der Waals surface area contributed by atoms with Crippen molar-refractivity contribution in [3.8, 4) is 17.7 Å². The number of rotatable bonds is 4. The zero-order valence-electron chi connectivity index (χ0n) is 14.9. The normalized spacial score (nSPS) is 14.7. The molecule has 6 nitrogen and oxygen atoms in total. The van der Waals surface area contributed by atoms with E-state index in [4.69, 9.17) is 4.74 Å². The summed E-state index contributed by atoms with van der Waals surface area (Å²) in [6.45, 7) is 1.66. The van der Waals surface area contributed by atoms with Crippen LogP contribution in [0.15, 0.2) is 34.1 Å². The number of nitrogens with zero attached hydrogens (tertiary/aromatic N) is 3. The summed E-state index contributed by atoms with van der Waals surface area (Å²) < 4.78 is 6.49. The van der Waals surface area contributed by atoms with Crippen LogP contribution in [-0.4, -0.2) is 23.0 Å². The maximum absolute atomic E-state index is 12.6. The van der Waals surface area contributed by atoms with Crippen LogP contribution >= 0.6 is 0 Å². The third-order valence-corrected chi connectivity index (χ3v) is 4.90. The fraction of sp³-hybridized carbons (Fsp3) is 0.350. The minimum Gasteiger partial charge on any atom is -0.497 e. The van der Waals surface area contributed by atoms with Gasteiger partial charge in [-0.1, -0.05) is 12.8 Å². The molecular weight excluding hydrogens is 330 g/mol.